The van der Waals surface area contributed by atoms with Crippen LogP contribution in [0.4, 0.5) is 5.82 Å². The van der Waals surface area contributed by atoms with Crippen LogP contribution in [-0.4, -0.2) is 9.78 Å². The summed E-state index contributed by atoms with van der Waals surface area (Å²) >= 11 is 6.53. The Bertz CT molecular complexity index is 620. The molecule has 0 aliphatic heterocycles. The van der Waals surface area contributed by atoms with Crippen molar-refractivity contribution in [1.29, 1.82) is 0 Å². The molecule has 1 aromatic heterocycles. The molecule has 0 bridgehead atoms. The molecular weight excluding hydrogens is 282 g/mol. The minimum Gasteiger partial charge on any atom is -0.384 e. The second-order valence-corrected chi connectivity index (χ2v) is 6.68. The number of hydrogen-bond donors (Lipinski definition) is 1. The average molecular weight is 304 g/mol. The molecule has 0 radical (unpaired) electrons. The van der Waals surface area contributed by atoms with Crippen molar-refractivity contribution in [3.63, 3.8) is 0 Å². The summed E-state index contributed by atoms with van der Waals surface area (Å²) in [5.74, 6) is 2.12. The number of halogens is 1. The zero-order valence-corrected chi connectivity index (χ0v) is 13.4. The molecule has 1 aliphatic rings. The van der Waals surface area contributed by atoms with Crippen LogP contribution >= 0.6 is 11.6 Å². The van der Waals surface area contributed by atoms with E-state index >= 15 is 0 Å². The summed E-state index contributed by atoms with van der Waals surface area (Å²) in [5.41, 5.74) is 9.04. The second-order valence-electron chi connectivity index (χ2n) is 6.27. The number of nitrogen functional groups attached to an aromatic ring is 1. The maximum atomic E-state index is 6.53. The highest BCUT2D eigenvalue weighted by molar-refractivity contribution is 6.31. The molecule has 1 aliphatic carbocycles. The van der Waals surface area contributed by atoms with Crippen molar-refractivity contribution in [2.75, 3.05) is 5.73 Å². The predicted molar refractivity (Wildman–Crippen MR) is 88.4 cm³/mol. The summed E-state index contributed by atoms with van der Waals surface area (Å²) in [6.45, 7) is 2.34. The number of rotatable bonds is 2. The van der Waals surface area contributed by atoms with Gasteiger partial charge in [-0.1, -0.05) is 43.5 Å². The zero-order chi connectivity index (χ0) is 15.0. The Morgan fingerprint density at radius 2 is 1.90 bits per heavy atom. The van der Waals surface area contributed by atoms with Gasteiger partial charge in [-0.05, 0) is 36.3 Å². The lowest BCUT2D eigenvalue weighted by Gasteiger charge is -2.27. The fourth-order valence-electron chi connectivity index (χ4n) is 3.21. The van der Waals surface area contributed by atoms with E-state index in [9.17, 15) is 0 Å². The third-order valence-electron chi connectivity index (χ3n) is 4.67. The Hall–Kier alpha value is -1.48. The Kier molecular flexibility index (Phi) is 3.94. The Morgan fingerprint density at radius 3 is 2.48 bits per heavy atom. The standard InChI is InChI=1S/C17H22ClN3/c1-11-3-5-12(6-4-11)14-8-7-13(9-15(14)18)16-10-17(19)21(2)20-16/h7-12H,3-6,19H2,1-2H3. The summed E-state index contributed by atoms with van der Waals surface area (Å²) in [5, 5.41) is 5.26. The van der Waals surface area contributed by atoms with E-state index in [0.29, 0.717) is 11.7 Å². The van der Waals surface area contributed by atoms with Crippen molar-refractivity contribution in [3.8, 4) is 11.3 Å². The third-order valence-corrected chi connectivity index (χ3v) is 5.00. The number of nitrogens with zero attached hydrogens (tertiary/aromatic N) is 2. The van der Waals surface area contributed by atoms with Crippen LogP contribution in [0.5, 0.6) is 0 Å². The van der Waals surface area contributed by atoms with E-state index in [4.69, 9.17) is 17.3 Å². The van der Waals surface area contributed by atoms with Crippen LogP contribution in [-0.2, 0) is 7.05 Å². The SMILES string of the molecule is CC1CCC(c2ccc(-c3cc(N)n(C)n3)cc2Cl)CC1. The molecule has 3 rings (SSSR count). The van der Waals surface area contributed by atoms with E-state index in [1.807, 2.05) is 19.2 Å². The fraction of sp³-hybridized carbons (Fsp3) is 0.471. The van der Waals surface area contributed by atoms with E-state index in [1.165, 1.54) is 31.2 Å². The smallest absolute Gasteiger partial charge is 0.121 e. The van der Waals surface area contributed by atoms with Gasteiger partial charge in [-0.3, -0.25) is 4.68 Å². The minimum atomic E-state index is 0.608. The zero-order valence-electron chi connectivity index (χ0n) is 12.6. The molecule has 112 valence electrons. The van der Waals surface area contributed by atoms with E-state index < -0.39 is 0 Å². The average Bonchev–Trinajstić information content (AvgIpc) is 2.80. The molecular formula is C17H22ClN3. The van der Waals surface area contributed by atoms with Crippen LogP contribution in [0.2, 0.25) is 5.02 Å². The van der Waals surface area contributed by atoms with Gasteiger partial charge in [0, 0.05) is 23.7 Å². The van der Waals surface area contributed by atoms with E-state index in [2.05, 4.69) is 24.2 Å². The number of aromatic nitrogens is 2. The summed E-state index contributed by atoms with van der Waals surface area (Å²) in [7, 11) is 1.85. The highest BCUT2D eigenvalue weighted by Crippen LogP contribution is 2.39. The van der Waals surface area contributed by atoms with Crippen LogP contribution in [0, 0.1) is 5.92 Å². The van der Waals surface area contributed by atoms with Crippen molar-refractivity contribution in [2.24, 2.45) is 13.0 Å². The lowest BCUT2D eigenvalue weighted by molar-refractivity contribution is 0.348. The number of nitrogens with two attached hydrogens (primary N) is 1. The minimum absolute atomic E-state index is 0.608. The van der Waals surface area contributed by atoms with Gasteiger partial charge in [0.25, 0.3) is 0 Å². The van der Waals surface area contributed by atoms with E-state index in [-0.39, 0.29) is 0 Å². The highest BCUT2D eigenvalue weighted by atomic mass is 35.5. The molecule has 0 unspecified atom stereocenters. The van der Waals surface area contributed by atoms with Gasteiger partial charge in [0.2, 0.25) is 0 Å². The normalized spacial score (nSPS) is 22.4. The van der Waals surface area contributed by atoms with Gasteiger partial charge in [0.05, 0.1) is 5.69 Å². The van der Waals surface area contributed by atoms with Gasteiger partial charge < -0.3 is 5.73 Å². The van der Waals surface area contributed by atoms with Crippen molar-refractivity contribution in [2.45, 2.75) is 38.5 Å². The molecule has 1 saturated carbocycles. The maximum Gasteiger partial charge on any atom is 0.121 e. The molecule has 2 aromatic rings. The Labute approximate surface area is 131 Å². The summed E-state index contributed by atoms with van der Waals surface area (Å²) in [6.07, 6.45) is 5.10. The Balaban J connectivity index is 1.86. The summed E-state index contributed by atoms with van der Waals surface area (Å²) in [4.78, 5) is 0. The molecule has 1 heterocycles. The summed E-state index contributed by atoms with van der Waals surface area (Å²) < 4.78 is 1.68. The predicted octanol–water partition coefficient (Wildman–Crippen LogP) is 4.62. The largest absolute Gasteiger partial charge is 0.384 e. The molecule has 0 atom stereocenters. The van der Waals surface area contributed by atoms with Crippen molar-refractivity contribution >= 4 is 17.4 Å². The topological polar surface area (TPSA) is 43.8 Å². The molecule has 2 N–H and O–H groups in total. The maximum absolute atomic E-state index is 6.53. The number of hydrogen-bond acceptors (Lipinski definition) is 2. The van der Waals surface area contributed by atoms with Gasteiger partial charge in [-0.2, -0.15) is 5.10 Å². The fourth-order valence-corrected chi connectivity index (χ4v) is 3.55. The van der Waals surface area contributed by atoms with E-state index in [0.717, 1.165) is 22.2 Å². The second kappa shape index (κ2) is 5.72. The molecule has 1 fully saturated rings. The molecule has 21 heavy (non-hydrogen) atoms. The third kappa shape index (κ3) is 2.93. The van der Waals surface area contributed by atoms with Crippen molar-refractivity contribution in [3.05, 3.63) is 34.9 Å². The molecule has 0 amide bonds. The van der Waals surface area contributed by atoms with Crippen LogP contribution in [0.25, 0.3) is 11.3 Å². The summed E-state index contributed by atoms with van der Waals surface area (Å²) in [6, 6.07) is 8.19. The van der Waals surface area contributed by atoms with Gasteiger partial charge in [0.15, 0.2) is 0 Å². The monoisotopic (exact) mass is 303 g/mol. The lowest BCUT2D eigenvalue weighted by Crippen LogP contribution is -2.11. The first-order chi connectivity index (χ1) is 10.0. The molecule has 1 aromatic carbocycles. The van der Waals surface area contributed by atoms with Crippen LogP contribution in [0.3, 0.4) is 0 Å². The first-order valence-electron chi connectivity index (χ1n) is 7.64. The van der Waals surface area contributed by atoms with Gasteiger partial charge >= 0.3 is 0 Å². The van der Waals surface area contributed by atoms with Crippen LogP contribution in [0.15, 0.2) is 24.3 Å². The highest BCUT2D eigenvalue weighted by Gasteiger charge is 2.21. The molecule has 3 nitrogen and oxygen atoms in total. The molecule has 0 spiro atoms. The quantitative estimate of drug-likeness (QED) is 0.880. The van der Waals surface area contributed by atoms with Crippen LogP contribution < -0.4 is 5.73 Å². The molecule has 0 saturated heterocycles. The van der Waals surface area contributed by atoms with Gasteiger partial charge in [0.1, 0.15) is 5.82 Å². The van der Waals surface area contributed by atoms with E-state index in [1.54, 1.807) is 4.68 Å². The van der Waals surface area contributed by atoms with Gasteiger partial charge in [-0.25, -0.2) is 0 Å². The Morgan fingerprint density at radius 1 is 1.19 bits per heavy atom. The number of aryl methyl sites for hydroxylation is 1. The number of benzene rings is 1. The first kappa shape index (κ1) is 14.5. The lowest BCUT2D eigenvalue weighted by atomic mass is 9.79. The first-order valence-corrected chi connectivity index (χ1v) is 8.01. The van der Waals surface area contributed by atoms with Crippen LogP contribution in [0.1, 0.15) is 44.1 Å². The van der Waals surface area contributed by atoms with Crippen molar-refractivity contribution in [1.82, 2.24) is 9.78 Å². The van der Waals surface area contributed by atoms with Crippen molar-refractivity contribution < 1.29 is 0 Å². The molecule has 4 heteroatoms. The number of anilines is 1. The van der Waals surface area contributed by atoms with Gasteiger partial charge in [-0.15, -0.1) is 0 Å².